The Kier molecular flexibility index (Phi) is 7.45. The second-order valence-electron chi connectivity index (χ2n) is 6.74. The van der Waals surface area contributed by atoms with Gasteiger partial charge in [0.2, 0.25) is 11.8 Å². The highest BCUT2D eigenvalue weighted by Gasteiger charge is 2.31. The number of fused-ring (bicyclic) bond motifs is 1. The molecular formula is C19H28N4O4. The first kappa shape index (κ1) is 20.5. The lowest BCUT2D eigenvalue weighted by Gasteiger charge is -2.35. The molecule has 1 aromatic rings. The van der Waals surface area contributed by atoms with Gasteiger partial charge in [0.15, 0.2) is 6.10 Å². The second-order valence-corrected chi connectivity index (χ2v) is 6.74. The highest BCUT2D eigenvalue weighted by Crippen LogP contribution is 2.32. The predicted octanol–water partition coefficient (Wildman–Crippen LogP) is 0.421. The first-order valence-electron chi connectivity index (χ1n) is 9.25. The van der Waals surface area contributed by atoms with E-state index in [4.69, 9.17) is 4.74 Å². The molecule has 1 aliphatic rings. The summed E-state index contributed by atoms with van der Waals surface area (Å²) < 4.78 is 5.79. The van der Waals surface area contributed by atoms with E-state index in [2.05, 4.69) is 16.0 Å². The lowest BCUT2D eigenvalue weighted by atomic mass is 10.1. The van der Waals surface area contributed by atoms with Gasteiger partial charge in [-0.2, -0.15) is 0 Å². The van der Waals surface area contributed by atoms with E-state index in [1.807, 2.05) is 39.0 Å². The Hall–Kier alpha value is -2.77. The Morgan fingerprint density at radius 3 is 2.63 bits per heavy atom. The minimum atomic E-state index is -0.691. The number of anilines is 1. The molecule has 1 aromatic carbocycles. The molecule has 0 aromatic heterocycles. The molecular weight excluding hydrogens is 348 g/mol. The third kappa shape index (κ3) is 6.16. The lowest BCUT2D eigenvalue weighted by molar-refractivity contribution is -0.128. The summed E-state index contributed by atoms with van der Waals surface area (Å²) in [5.74, 6) is -0.172. The molecule has 27 heavy (non-hydrogen) atoms. The van der Waals surface area contributed by atoms with Crippen LogP contribution in [0.25, 0.3) is 0 Å². The minimum absolute atomic E-state index is 0.0166. The van der Waals surface area contributed by atoms with Crippen LogP contribution in [0, 0.1) is 0 Å². The van der Waals surface area contributed by atoms with Gasteiger partial charge in [-0.3, -0.25) is 14.4 Å². The number of benzene rings is 1. The summed E-state index contributed by atoms with van der Waals surface area (Å²) in [4.78, 5) is 38.1. The molecule has 1 atom stereocenters. The SMILES string of the molecule is CCCNC(=O)[C@H]1CN(CC(=O)NCC(=O)NC(C)C)c2ccccc2O1. The number of amides is 3. The summed E-state index contributed by atoms with van der Waals surface area (Å²) in [5, 5.41) is 8.15. The van der Waals surface area contributed by atoms with Crippen molar-refractivity contribution in [3.63, 3.8) is 0 Å². The topological polar surface area (TPSA) is 99.8 Å². The second kappa shape index (κ2) is 9.80. The quantitative estimate of drug-likeness (QED) is 0.611. The van der Waals surface area contributed by atoms with Crippen LogP contribution in [0.1, 0.15) is 27.2 Å². The van der Waals surface area contributed by atoms with Gasteiger partial charge in [0.05, 0.1) is 25.3 Å². The van der Waals surface area contributed by atoms with E-state index in [-0.39, 0.29) is 43.4 Å². The normalized spacial score (nSPS) is 15.6. The van der Waals surface area contributed by atoms with Crippen molar-refractivity contribution in [3.8, 4) is 5.75 Å². The van der Waals surface area contributed by atoms with Gasteiger partial charge in [-0.25, -0.2) is 0 Å². The van der Waals surface area contributed by atoms with E-state index in [0.717, 1.165) is 12.1 Å². The molecule has 3 N–H and O–H groups in total. The fraction of sp³-hybridized carbons (Fsp3) is 0.526. The van der Waals surface area contributed by atoms with Crippen LogP contribution in [0.5, 0.6) is 5.75 Å². The Balaban J connectivity index is 2.00. The van der Waals surface area contributed by atoms with Gasteiger partial charge in [-0.15, -0.1) is 0 Å². The number of carbonyl (C=O) groups excluding carboxylic acids is 3. The number of ether oxygens (including phenoxy) is 1. The van der Waals surface area contributed by atoms with Crippen molar-refractivity contribution < 1.29 is 19.1 Å². The van der Waals surface area contributed by atoms with Crippen molar-refractivity contribution in [3.05, 3.63) is 24.3 Å². The molecule has 8 heteroatoms. The third-order valence-electron chi connectivity index (χ3n) is 3.93. The Morgan fingerprint density at radius 2 is 1.93 bits per heavy atom. The zero-order valence-electron chi connectivity index (χ0n) is 16.1. The van der Waals surface area contributed by atoms with Crippen LogP contribution in [0.4, 0.5) is 5.69 Å². The Bertz CT molecular complexity index is 677. The van der Waals surface area contributed by atoms with Crippen molar-refractivity contribution in [2.75, 3.05) is 31.1 Å². The van der Waals surface area contributed by atoms with E-state index in [1.165, 1.54) is 0 Å². The molecule has 8 nitrogen and oxygen atoms in total. The van der Waals surface area contributed by atoms with Crippen LogP contribution in [0.3, 0.4) is 0 Å². The van der Waals surface area contributed by atoms with Crippen molar-refractivity contribution >= 4 is 23.4 Å². The summed E-state index contributed by atoms with van der Waals surface area (Å²) >= 11 is 0. The van der Waals surface area contributed by atoms with E-state index in [9.17, 15) is 14.4 Å². The van der Waals surface area contributed by atoms with Crippen LogP contribution in [-0.4, -0.2) is 56.0 Å². The molecule has 2 rings (SSSR count). The van der Waals surface area contributed by atoms with E-state index in [1.54, 1.807) is 11.0 Å². The van der Waals surface area contributed by atoms with Crippen LogP contribution in [0.2, 0.25) is 0 Å². The van der Waals surface area contributed by atoms with E-state index in [0.29, 0.717) is 12.3 Å². The molecule has 1 heterocycles. The van der Waals surface area contributed by atoms with Crippen LogP contribution in [0.15, 0.2) is 24.3 Å². The monoisotopic (exact) mass is 376 g/mol. The van der Waals surface area contributed by atoms with Gasteiger partial charge in [-0.1, -0.05) is 19.1 Å². The number of nitrogens with one attached hydrogen (secondary N) is 3. The van der Waals surface area contributed by atoms with Crippen LogP contribution < -0.4 is 25.6 Å². The molecule has 0 fully saturated rings. The van der Waals surface area contributed by atoms with Gasteiger partial charge in [0.25, 0.3) is 5.91 Å². The first-order valence-corrected chi connectivity index (χ1v) is 9.25. The van der Waals surface area contributed by atoms with Crippen LogP contribution >= 0.6 is 0 Å². The van der Waals surface area contributed by atoms with Crippen molar-refractivity contribution in [1.82, 2.24) is 16.0 Å². The largest absolute Gasteiger partial charge is 0.477 e. The standard InChI is InChI=1S/C19H28N4O4/c1-4-9-20-19(26)16-11-23(14-7-5-6-8-15(14)27-16)12-18(25)21-10-17(24)22-13(2)3/h5-8,13,16H,4,9-12H2,1-3H3,(H,20,26)(H,21,25)(H,22,24)/t16-/m1/s1. The van der Waals surface area contributed by atoms with Gasteiger partial charge in [0, 0.05) is 12.6 Å². The number of nitrogens with zero attached hydrogens (tertiary/aromatic N) is 1. The summed E-state index contributed by atoms with van der Waals surface area (Å²) in [6, 6.07) is 7.30. The van der Waals surface area contributed by atoms with Gasteiger partial charge in [0.1, 0.15) is 5.75 Å². The number of para-hydroxylation sites is 2. The molecule has 0 bridgehead atoms. The fourth-order valence-corrected chi connectivity index (χ4v) is 2.74. The summed E-state index contributed by atoms with van der Waals surface area (Å²) in [5.41, 5.74) is 0.749. The molecule has 0 saturated heterocycles. The summed E-state index contributed by atoms with van der Waals surface area (Å²) in [7, 11) is 0. The maximum Gasteiger partial charge on any atom is 0.262 e. The number of hydrogen-bond donors (Lipinski definition) is 3. The average molecular weight is 376 g/mol. The van der Waals surface area contributed by atoms with Crippen molar-refractivity contribution in [2.45, 2.75) is 39.3 Å². The van der Waals surface area contributed by atoms with Gasteiger partial charge in [-0.05, 0) is 32.4 Å². The maximum absolute atomic E-state index is 12.3. The Morgan fingerprint density at radius 1 is 1.19 bits per heavy atom. The highest BCUT2D eigenvalue weighted by molar-refractivity contribution is 5.88. The maximum atomic E-state index is 12.3. The molecule has 0 radical (unpaired) electrons. The summed E-state index contributed by atoms with van der Waals surface area (Å²) in [6.07, 6.45) is 0.142. The minimum Gasteiger partial charge on any atom is -0.477 e. The van der Waals surface area contributed by atoms with Gasteiger partial charge >= 0.3 is 0 Å². The molecule has 0 unspecified atom stereocenters. The highest BCUT2D eigenvalue weighted by atomic mass is 16.5. The van der Waals surface area contributed by atoms with Crippen molar-refractivity contribution in [2.24, 2.45) is 0 Å². The number of rotatable bonds is 8. The van der Waals surface area contributed by atoms with Gasteiger partial charge < -0.3 is 25.6 Å². The fourth-order valence-electron chi connectivity index (χ4n) is 2.74. The Labute approximate surface area is 159 Å². The van der Waals surface area contributed by atoms with Crippen LogP contribution in [-0.2, 0) is 14.4 Å². The smallest absolute Gasteiger partial charge is 0.262 e. The average Bonchev–Trinajstić information content (AvgIpc) is 2.63. The number of hydrogen-bond acceptors (Lipinski definition) is 5. The number of carbonyl (C=O) groups is 3. The molecule has 3 amide bonds. The lowest BCUT2D eigenvalue weighted by Crippen LogP contribution is -2.51. The molecule has 0 spiro atoms. The molecule has 0 saturated carbocycles. The van der Waals surface area contributed by atoms with Crippen molar-refractivity contribution in [1.29, 1.82) is 0 Å². The molecule has 1 aliphatic heterocycles. The first-order chi connectivity index (χ1) is 12.9. The zero-order chi connectivity index (χ0) is 19.8. The van der Waals surface area contributed by atoms with E-state index < -0.39 is 6.10 Å². The summed E-state index contributed by atoms with van der Waals surface area (Å²) in [6.45, 7) is 6.48. The van der Waals surface area contributed by atoms with E-state index >= 15 is 0 Å². The third-order valence-corrected chi connectivity index (χ3v) is 3.93. The zero-order valence-corrected chi connectivity index (χ0v) is 16.1. The molecule has 148 valence electrons. The predicted molar refractivity (Wildman–Crippen MR) is 103 cm³/mol. The molecule has 0 aliphatic carbocycles.